The number of halogens is 3. The van der Waals surface area contributed by atoms with Gasteiger partial charge in [-0.15, -0.1) is 0 Å². The molecule has 1 unspecified atom stereocenters. The number of nitrogens with zero attached hydrogens (tertiary/aromatic N) is 2. The lowest BCUT2D eigenvalue weighted by atomic mass is 9.95. The van der Waals surface area contributed by atoms with Gasteiger partial charge in [0.15, 0.2) is 5.69 Å². The van der Waals surface area contributed by atoms with Crippen LogP contribution in [-0.2, 0) is 16.2 Å². The fourth-order valence-corrected chi connectivity index (χ4v) is 3.87. The normalized spacial score (nSPS) is 19.6. The molecule has 1 aromatic heterocycles. The highest BCUT2D eigenvalue weighted by Crippen LogP contribution is 2.33. The number of hydrogen-bond donors (Lipinski definition) is 0. The first-order valence-corrected chi connectivity index (χ1v) is 8.30. The summed E-state index contributed by atoms with van der Waals surface area (Å²) in [6, 6.07) is 2.14. The summed E-state index contributed by atoms with van der Waals surface area (Å²) in [6.45, 7) is 0.193. The van der Waals surface area contributed by atoms with Crippen molar-refractivity contribution in [1.29, 1.82) is 0 Å². The van der Waals surface area contributed by atoms with Gasteiger partial charge in [-0.3, -0.25) is 4.98 Å². The molecular weight excluding hydrogens is 317 g/mol. The minimum atomic E-state index is -4.81. The molecule has 4 nitrogen and oxygen atoms in total. The first-order valence-electron chi connectivity index (χ1n) is 6.86. The van der Waals surface area contributed by atoms with Gasteiger partial charge in [-0.25, -0.2) is 12.7 Å². The van der Waals surface area contributed by atoms with Crippen molar-refractivity contribution in [2.45, 2.75) is 30.3 Å². The summed E-state index contributed by atoms with van der Waals surface area (Å²) in [6.07, 6.45) is 2.55. The van der Waals surface area contributed by atoms with Crippen molar-refractivity contribution in [2.24, 2.45) is 5.92 Å². The van der Waals surface area contributed by atoms with E-state index in [1.54, 1.807) is 0 Å². The summed E-state index contributed by atoms with van der Waals surface area (Å²) in [5, 5.41) is 0. The molecule has 0 spiro atoms. The zero-order valence-corrected chi connectivity index (χ0v) is 12.9. The number of aromatic nitrogens is 1. The molecule has 0 amide bonds. The maximum absolute atomic E-state index is 12.9. The molecule has 0 aliphatic heterocycles. The van der Waals surface area contributed by atoms with Gasteiger partial charge in [0.05, 0.1) is 0 Å². The number of allylic oxidation sites excluding steroid dienone is 2. The summed E-state index contributed by atoms with van der Waals surface area (Å²) >= 11 is 0. The Kier molecular flexibility index (Phi) is 4.91. The molecule has 0 aromatic carbocycles. The molecule has 1 aromatic rings. The van der Waals surface area contributed by atoms with E-state index in [9.17, 15) is 21.6 Å². The Bertz CT molecular complexity index is 656. The van der Waals surface area contributed by atoms with Crippen LogP contribution < -0.4 is 0 Å². The second kappa shape index (κ2) is 6.37. The van der Waals surface area contributed by atoms with E-state index in [4.69, 9.17) is 0 Å². The molecule has 0 fully saturated rings. The van der Waals surface area contributed by atoms with Crippen LogP contribution in [0.1, 0.15) is 25.0 Å². The third-order valence-corrected chi connectivity index (χ3v) is 5.48. The van der Waals surface area contributed by atoms with Gasteiger partial charge in [0, 0.05) is 19.8 Å². The van der Waals surface area contributed by atoms with Crippen LogP contribution in [0.15, 0.2) is 35.4 Å². The van der Waals surface area contributed by atoms with E-state index >= 15 is 0 Å². The van der Waals surface area contributed by atoms with Gasteiger partial charge in [0.25, 0.3) is 0 Å². The van der Waals surface area contributed by atoms with Crippen LogP contribution >= 0.6 is 0 Å². The fraction of sp³-hybridized carbons (Fsp3) is 0.500. The van der Waals surface area contributed by atoms with Crippen LogP contribution in [0.2, 0.25) is 0 Å². The van der Waals surface area contributed by atoms with Crippen LogP contribution in [0, 0.1) is 5.92 Å². The molecule has 8 heteroatoms. The summed E-state index contributed by atoms with van der Waals surface area (Å²) in [7, 11) is -2.92. The van der Waals surface area contributed by atoms with E-state index in [0.717, 1.165) is 35.8 Å². The van der Waals surface area contributed by atoms with Crippen LogP contribution in [0.25, 0.3) is 0 Å². The summed E-state index contributed by atoms with van der Waals surface area (Å²) in [5.41, 5.74) is -1.37. The second-order valence-electron chi connectivity index (χ2n) is 5.28. The molecule has 1 aliphatic carbocycles. The van der Waals surface area contributed by atoms with Crippen molar-refractivity contribution in [2.75, 3.05) is 13.6 Å². The molecule has 0 saturated carbocycles. The highest BCUT2D eigenvalue weighted by atomic mass is 32.2. The van der Waals surface area contributed by atoms with Crippen molar-refractivity contribution < 1.29 is 21.6 Å². The average Bonchev–Trinajstić information content (AvgIpc) is 2.47. The zero-order chi connectivity index (χ0) is 16.4. The summed E-state index contributed by atoms with van der Waals surface area (Å²) < 4.78 is 64.7. The molecule has 122 valence electrons. The largest absolute Gasteiger partial charge is 0.434 e. The van der Waals surface area contributed by atoms with Crippen molar-refractivity contribution >= 4 is 10.0 Å². The molecule has 0 N–H and O–H groups in total. The Morgan fingerprint density at radius 3 is 2.68 bits per heavy atom. The predicted molar refractivity (Wildman–Crippen MR) is 75.5 cm³/mol. The molecule has 0 bridgehead atoms. The SMILES string of the molecule is CN(CC1CC=CCC1)S(=O)(=O)c1cccnc1C(F)(F)F. The maximum Gasteiger partial charge on any atom is 0.434 e. The quantitative estimate of drug-likeness (QED) is 0.795. The molecule has 0 radical (unpaired) electrons. The Labute approximate surface area is 127 Å². The van der Waals surface area contributed by atoms with Crippen LogP contribution in [0.5, 0.6) is 0 Å². The molecule has 0 saturated heterocycles. The molecule has 1 atom stereocenters. The first-order chi connectivity index (χ1) is 10.2. The highest BCUT2D eigenvalue weighted by Gasteiger charge is 2.40. The topological polar surface area (TPSA) is 50.3 Å². The smallest absolute Gasteiger partial charge is 0.250 e. The van der Waals surface area contributed by atoms with E-state index in [2.05, 4.69) is 4.98 Å². The zero-order valence-electron chi connectivity index (χ0n) is 12.0. The van der Waals surface area contributed by atoms with Gasteiger partial charge < -0.3 is 0 Å². The van der Waals surface area contributed by atoms with Gasteiger partial charge in [0.1, 0.15) is 4.90 Å². The van der Waals surface area contributed by atoms with E-state index < -0.39 is 26.8 Å². The highest BCUT2D eigenvalue weighted by molar-refractivity contribution is 7.89. The molecule has 22 heavy (non-hydrogen) atoms. The Morgan fingerprint density at radius 2 is 2.09 bits per heavy atom. The number of alkyl halides is 3. The van der Waals surface area contributed by atoms with Crippen LogP contribution in [0.4, 0.5) is 13.2 Å². The summed E-state index contributed by atoms with van der Waals surface area (Å²) in [4.78, 5) is 2.41. The van der Waals surface area contributed by atoms with Gasteiger partial charge in [-0.1, -0.05) is 12.2 Å². The van der Waals surface area contributed by atoms with Gasteiger partial charge in [0.2, 0.25) is 10.0 Å². The minimum Gasteiger partial charge on any atom is -0.250 e. The lowest BCUT2D eigenvalue weighted by molar-refractivity contribution is -0.143. The Balaban J connectivity index is 2.28. The lowest BCUT2D eigenvalue weighted by Gasteiger charge is -2.25. The number of hydrogen-bond acceptors (Lipinski definition) is 3. The standard InChI is InChI=1S/C14H17F3N2O2S/c1-19(10-11-6-3-2-4-7-11)22(20,21)12-8-5-9-18-13(12)14(15,16)17/h2-3,5,8-9,11H,4,6-7,10H2,1H3. The Hall–Kier alpha value is -1.41. The van der Waals surface area contributed by atoms with Crippen LogP contribution in [0.3, 0.4) is 0 Å². The molecular formula is C14H17F3N2O2S. The average molecular weight is 334 g/mol. The van der Waals surface area contributed by atoms with Crippen LogP contribution in [-0.4, -0.2) is 31.3 Å². The number of pyridine rings is 1. The van der Waals surface area contributed by atoms with Gasteiger partial charge in [-0.2, -0.15) is 13.2 Å². The molecule has 1 heterocycles. The lowest BCUT2D eigenvalue weighted by Crippen LogP contribution is -2.33. The first kappa shape index (κ1) is 17.0. The molecule has 2 rings (SSSR count). The van der Waals surface area contributed by atoms with Crippen molar-refractivity contribution in [3.8, 4) is 0 Å². The van der Waals surface area contributed by atoms with Crippen molar-refractivity contribution in [3.63, 3.8) is 0 Å². The monoisotopic (exact) mass is 334 g/mol. The van der Waals surface area contributed by atoms with Crippen molar-refractivity contribution in [3.05, 3.63) is 36.2 Å². The van der Waals surface area contributed by atoms with E-state index in [0.29, 0.717) is 0 Å². The second-order valence-corrected chi connectivity index (χ2v) is 7.30. The number of sulfonamides is 1. The Morgan fingerprint density at radius 1 is 1.36 bits per heavy atom. The third kappa shape index (κ3) is 3.67. The number of rotatable bonds is 4. The van der Waals surface area contributed by atoms with Gasteiger partial charge >= 0.3 is 6.18 Å². The summed E-state index contributed by atoms with van der Waals surface area (Å²) in [5.74, 6) is 0.121. The van der Waals surface area contributed by atoms with E-state index in [1.165, 1.54) is 13.1 Å². The predicted octanol–water partition coefficient (Wildman–Crippen LogP) is 3.08. The van der Waals surface area contributed by atoms with E-state index in [1.807, 2.05) is 12.2 Å². The maximum atomic E-state index is 12.9. The molecule has 1 aliphatic rings. The van der Waals surface area contributed by atoms with E-state index in [-0.39, 0.29) is 12.5 Å². The fourth-order valence-electron chi connectivity index (χ4n) is 2.46. The minimum absolute atomic E-state index is 0.121. The van der Waals surface area contributed by atoms with Gasteiger partial charge in [-0.05, 0) is 37.3 Å². The van der Waals surface area contributed by atoms with Crippen molar-refractivity contribution in [1.82, 2.24) is 9.29 Å². The third-order valence-electron chi connectivity index (χ3n) is 3.62.